The van der Waals surface area contributed by atoms with Crippen molar-refractivity contribution in [3.63, 3.8) is 0 Å². The van der Waals surface area contributed by atoms with Gasteiger partial charge in [0.2, 0.25) is 0 Å². The topological polar surface area (TPSA) is 31.6 Å². The lowest BCUT2D eigenvalue weighted by molar-refractivity contribution is 1.45. The average molecular weight is 423 g/mol. The number of aryl methyl sites for hydroxylation is 1. The second kappa shape index (κ2) is 6.85. The van der Waals surface area contributed by atoms with Gasteiger partial charge in [-0.05, 0) is 41.8 Å². The third-order valence-corrected chi connectivity index (χ3v) is 6.78. The summed E-state index contributed by atoms with van der Waals surface area (Å²) in [5.41, 5.74) is 10.9. The molecule has 2 aromatic heterocycles. The summed E-state index contributed by atoms with van der Waals surface area (Å²) in [5, 5.41) is 5.07. The summed E-state index contributed by atoms with van der Waals surface area (Å²) in [6.07, 6.45) is 0. The summed E-state index contributed by atoms with van der Waals surface area (Å²) >= 11 is 0. The van der Waals surface area contributed by atoms with Crippen molar-refractivity contribution in [2.75, 3.05) is 0 Å². The number of para-hydroxylation sites is 4. The van der Waals surface area contributed by atoms with Gasteiger partial charge < -0.3 is 9.97 Å². The van der Waals surface area contributed by atoms with Gasteiger partial charge in [-0.2, -0.15) is 0 Å². The van der Waals surface area contributed by atoms with Gasteiger partial charge in [0.05, 0.1) is 11.0 Å². The predicted octanol–water partition coefficient (Wildman–Crippen LogP) is 8.60. The molecule has 0 bridgehead atoms. The van der Waals surface area contributed by atoms with Gasteiger partial charge >= 0.3 is 0 Å². The van der Waals surface area contributed by atoms with Gasteiger partial charge in [-0.1, -0.05) is 84.9 Å². The standard InChI is InChI=1S/C31H22N2/c1-19-16-20(22-10-6-12-26-24-8-2-4-14-28(24)32-30(22)26)18-21(17-19)23-11-7-13-27-25-9-3-5-15-29(25)33-31(23)27/h2-18,32-33H,1H3. The quantitative estimate of drug-likeness (QED) is 0.279. The van der Waals surface area contributed by atoms with Gasteiger partial charge in [0.1, 0.15) is 0 Å². The molecule has 0 saturated heterocycles. The molecule has 0 aliphatic rings. The minimum Gasteiger partial charge on any atom is -0.354 e. The molecule has 2 heterocycles. The molecule has 7 aromatic rings. The minimum atomic E-state index is 1.18. The van der Waals surface area contributed by atoms with Crippen LogP contribution in [0, 0.1) is 6.92 Å². The highest BCUT2D eigenvalue weighted by atomic mass is 14.7. The molecule has 2 heteroatoms. The number of fused-ring (bicyclic) bond motifs is 6. The highest BCUT2D eigenvalue weighted by Gasteiger charge is 2.13. The maximum absolute atomic E-state index is 3.66. The summed E-state index contributed by atoms with van der Waals surface area (Å²) < 4.78 is 0. The fourth-order valence-electron chi connectivity index (χ4n) is 5.32. The van der Waals surface area contributed by atoms with Crippen LogP contribution in [0.3, 0.4) is 0 Å². The van der Waals surface area contributed by atoms with Crippen molar-refractivity contribution in [2.45, 2.75) is 6.92 Å². The molecule has 2 nitrogen and oxygen atoms in total. The molecule has 5 aromatic carbocycles. The number of rotatable bonds is 2. The molecule has 0 saturated carbocycles. The second-order valence-corrected chi connectivity index (χ2v) is 8.89. The fraction of sp³-hybridized carbons (Fsp3) is 0.0323. The first kappa shape index (κ1) is 18.3. The Morgan fingerprint density at radius 1 is 0.455 bits per heavy atom. The van der Waals surface area contributed by atoms with Crippen LogP contribution in [-0.4, -0.2) is 9.97 Å². The molecule has 0 radical (unpaired) electrons. The Kier molecular flexibility index (Phi) is 3.80. The lowest BCUT2D eigenvalue weighted by Gasteiger charge is -2.11. The summed E-state index contributed by atoms with van der Waals surface area (Å²) in [4.78, 5) is 7.33. The third kappa shape index (κ3) is 2.74. The second-order valence-electron chi connectivity index (χ2n) is 8.89. The molecular formula is C31H22N2. The van der Waals surface area contributed by atoms with Crippen LogP contribution in [-0.2, 0) is 0 Å². The van der Waals surface area contributed by atoms with Gasteiger partial charge in [-0.3, -0.25) is 0 Å². The molecule has 0 amide bonds. The molecule has 0 fully saturated rings. The Morgan fingerprint density at radius 2 is 0.909 bits per heavy atom. The van der Waals surface area contributed by atoms with Crippen LogP contribution in [0.1, 0.15) is 5.56 Å². The maximum atomic E-state index is 3.66. The van der Waals surface area contributed by atoms with Crippen LogP contribution in [0.4, 0.5) is 0 Å². The molecule has 0 aliphatic heterocycles. The number of nitrogens with one attached hydrogen (secondary N) is 2. The van der Waals surface area contributed by atoms with E-state index in [1.54, 1.807) is 0 Å². The van der Waals surface area contributed by atoms with Crippen molar-refractivity contribution in [3.05, 3.63) is 109 Å². The van der Waals surface area contributed by atoms with Crippen molar-refractivity contribution in [3.8, 4) is 22.3 Å². The zero-order valence-corrected chi connectivity index (χ0v) is 18.3. The van der Waals surface area contributed by atoms with Crippen molar-refractivity contribution in [1.29, 1.82) is 0 Å². The smallest absolute Gasteiger partial charge is 0.0544 e. The van der Waals surface area contributed by atoms with E-state index in [1.165, 1.54) is 71.4 Å². The number of benzene rings is 5. The maximum Gasteiger partial charge on any atom is 0.0544 e. The predicted molar refractivity (Wildman–Crippen MR) is 141 cm³/mol. The van der Waals surface area contributed by atoms with E-state index in [9.17, 15) is 0 Å². The van der Waals surface area contributed by atoms with Gasteiger partial charge in [0, 0.05) is 43.7 Å². The first-order chi connectivity index (χ1) is 16.3. The molecular weight excluding hydrogens is 400 g/mol. The van der Waals surface area contributed by atoms with Gasteiger partial charge in [0.25, 0.3) is 0 Å². The van der Waals surface area contributed by atoms with Crippen molar-refractivity contribution in [2.24, 2.45) is 0 Å². The summed E-state index contributed by atoms with van der Waals surface area (Å²) in [6, 6.07) is 37.2. The molecule has 0 spiro atoms. The van der Waals surface area contributed by atoms with Crippen molar-refractivity contribution < 1.29 is 0 Å². The first-order valence-corrected chi connectivity index (χ1v) is 11.4. The largest absolute Gasteiger partial charge is 0.354 e. The first-order valence-electron chi connectivity index (χ1n) is 11.4. The highest BCUT2D eigenvalue weighted by Crippen LogP contribution is 2.38. The van der Waals surface area contributed by atoms with Gasteiger partial charge in [0.15, 0.2) is 0 Å². The summed E-state index contributed by atoms with van der Waals surface area (Å²) in [7, 11) is 0. The monoisotopic (exact) mass is 422 g/mol. The van der Waals surface area contributed by atoms with E-state index >= 15 is 0 Å². The van der Waals surface area contributed by atoms with E-state index in [2.05, 4.69) is 120 Å². The van der Waals surface area contributed by atoms with Crippen molar-refractivity contribution >= 4 is 43.6 Å². The molecule has 0 unspecified atom stereocenters. The SMILES string of the molecule is Cc1cc(-c2cccc3c2[nH]c2ccccc23)cc(-c2cccc3c2[nH]c2ccccc23)c1. The number of H-pyrrole nitrogens is 2. The van der Waals surface area contributed by atoms with E-state index in [0.717, 1.165) is 0 Å². The molecule has 0 atom stereocenters. The normalized spacial score (nSPS) is 11.8. The van der Waals surface area contributed by atoms with Crippen LogP contribution in [0.5, 0.6) is 0 Å². The Balaban J connectivity index is 1.48. The number of hydrogen-bond acceptors (Lipinski definition) is 0. The molecule has 7 rings (SSSR count). The lowest BCUT2D eigenvalue weighted by atomic mass is 9.94. The number of aromatic nitrogens is 2. The van der Waals surface area contributed by atoms with Crippen LogP contribution in [0.2, 0.25) is 0 Å². The molecule has 0 aliphatic carbocycles. The third-order valence-electron chi connectivity index (χ3n) is 6.78. The minimum absolute atomic E-state index is 1.18. The molecule has 33 heavy (non-hydrogen) atoms. The van der Waals surface area contributed by atoms with E-state index in [4.69, 9.17) is 0 Å². The van der Waals surface area contributed by atoms with Crippen LogP contribution < -0.4 is 0 Å². The molecule has 156 valence electrons. The van der Waals surface area contributed by atoms with Crippen LogP contribution in [0.25, 0.3) is 65.9 Å². The van der Waals surface area contributed by atoms with Crippen molar-refractivity contribution in [1.82, 2.24) is 9.97 Å². The zero-order valence-electron chi connectivity index (χ0n) is 18.3. The van der Waals surface area contributed by atoms with Crippen LogP contribution >= 0.6 is 0 Å². The van der Waals surface area contributed by atoms with Gasteiger partial charge in [-0.25, -0.2) is 0 Å². The Labute approximate surface area is 191 Å². The number of hydrogen-bond donors (Lipinski definition) is 2. The average Bonchev–Trinajstić information content (AvgIpc) is 3.42. The van der Waals surface area contributed by atoms with E-state index in [0.29, 0.717) is 0 Å². The van der Waals surface area contributed by atoms with E-state index < -0.39 is 0 Å². The van der Waals surface area contributed by atoms with Crippen LogP contribution in [0.15, 0.2) is 103 Å². The summed E-state index contributed by atoms with van der Waals surface area (Å²) in [6.45, 7) is 2.18. The Bertz CT molecular complexity index is 1700. The number of aromatic amines is 2. The summed E-state index contributed by atoms with van der Waals surface area (Å²) in [5.74, 6) is 0. The van der Waals surface area contributed by atoms with E-state index in [-0.39, 0.29) is 0 Å². The van der Waals surface area contributed by atoms with Gasteiger partial charge in [-0.15, -0.1) is 0 Å². The van der Waals surface area contributed by atoms with E-state index in [1.807, 2.05) is 0 Å². The Morgan fingerprint density at radius 3 is 1.42 bits per heavy atom. The molecule has 2 N–H and O–H groups in total. The zero-order chi connectivity index (χ0) is 21.9. The fourth-order valence-corrected chi connectivity index (χ4v) is 5.32. The lowest BCUT2D eigenvalue weighted by Crippen LogP contribution is -1.87. The highest BCUT2D eigenvalue weighted by molar-refractivity contribution is 6.13. The Hall–Kier alpha value is -4.30.